The molecule has 0 saturated carbocycles. The summed E-state index contributed by atoms with van der Waals surface area (Å²) in [4.78, 5) is 0. The van der Waals surface area contributed by atoms with Crippen LogP contribution in [0, 0.1) is 6.92 Å². The van der Waals surface area contributed by atoms with Crippen molar-refractivity contribution in [3.8, 4) is 11.5 Å². The first-order valence-corrected chi connectivity index (χ1v) is 5.64. The number of anilines is 1. The first-order chi connectivity index (χ1) is 8.65. The van der Waals surface area contributed by atoms with Gasteiger partial charge in [-0.1, -0.05) is 0 Å². The van der Waals surface area contributed by atoms with E-state index in [1.165, 1.54) is 0 Å². The molecule has 18 heavy (non-hydrogen) atoms. The average molecular weight is 247 g/mol. The number of rotatable bonds is 4. The van der Waals surface area contributed by atoms with E-state index in [0.717, 1.165) is 22.6 Å². The Kier molecular flexibility index (Phi) is 3.41. The molecule has 96 valence electrons. The zero-order valence-electron chi connectivity index (χ0n) is 10.8. The number of hydrogen-bond donors (Lipinski definition) is 1. The summed E-state index contributed by atoms with van der Waals surface area (Å²) in [5.74, 6) is 2.20. The van der Waals surface area contributed by atoms with Crippen molar-refractivity contribution in [2.24, 2.45) is 0 Å². The Labute approximate surface area is 106 Å². The summed E-state index contributed by atoms with van der Waals surface area (Å²) in [7, 11) is 3.26. The highest BCUT2D eigenvalue weighted by molar-refractivity contribution is 5.43. The molecule has 0 fully saturated rings. The molecule has 5 heteroatoms. The third kappa shape index (κ3) is 2.25. The highest BCUT2D eigenvalue weighted by atomic mass is 16.5. The Morgan fingerprint density at radius 3 is 2.61 bits per heavy atom. The van der Waals surface area contributed by atoms with Crippen LogP contribution in [-0.4, -0.2) is 24.0 Å². The molecule has 0 aliphatic carbocycles. The number of nitrogens with zero attached hydrogens (tertiary/aromatic N) is 2. The molecule has 0 aliphatic rings. The fraction of sp³-hybridized carbons (Fsp3) is 0.308. The van der Waals surface area contributed by atoms with Gasteiger partial charge in [-0.25, -0.2) is 4.68 Å². The average Bonchev–Trinajstić information content (AvgIpc) is 2.71. The summed E-state index contributed by atoms with van der Waals surface area (Å²) >= 11 is 0. The fourth-order valence-electron chi connectivity index (χ4n) is 1.76. The van der Waals surface area contributed by atoms with Crippen LogP contribution in [0.3, 0.4) is 0 Å². The Morgan fingerprint density at radius 1 is 1.28 bits per heavy atom. The summed E-state index contributed by atoms with van der Waals surface area (Å²) in [6.45, 7) is 2.51. The van der Waals surface area contributed by atoms with Crippen molar-refractivity contribution in [3.63, 3.8) is 0 Å². The Balaban J connectivity index is 2.31. The lowest BCUT2D eigenvalue weighted by Gasteiger charge is -2.11. The lowest BCUT2D eigenvalue weighted by atomic mass is 10.2. The monoisotopic (exact) mass is 247 g/mol. The third-order valence-corrected chi connectivity index (χ3v) is 2.89. The van der Waals surface area contributed by atoms with E-state index in [2.05, 4.69) is 5.10 Å². The van der Waals surface area contributed by atoms with Gasteiger partial charge >= 0.3 is 0 Å². The number of nitrogens with two attached hydrogens (primary N) is 1. The molecule has 0 saturated heterocycles. The van der Waals surface area contributed by atoms with Crippen molar-refractivity contribution >= 4 is 5.82 Å². The Morgan fingerprint density at radius 2 is 2.06 bits per heavy atom. The van der Waals surface area contributed by atoms with E-state index in [1.807, 2.05) is 25.1 Å². The van der Waals surface area contributed by atoms with Gasteiger partial charge in [0, 0.05) is 17.2 Å². The molecule has 0 unspecified atom stereocenters. The van der Waals surface area contributed by atoms with Gasteiger partial charge in [-0.05, 0) is 19.1 Å². The summed E-state index contributed by atoms with van der Waals surface area (Å²) < 4.78 is 12.3. The Hall–Kier alpha value is -2.17. The number of methoxy groups -OCH3 is 2. The van der Waals surface area contributed by atoms with E-state index in [-0.39, 0.29) is 0 Å². The normalized spacial score (nSPS) is 10.4. The molecule has 1 heterocycles. The lowest BCUT2D eigenvalue weighted by Crippen LogP contribution is -2.07. The van der Waals surface area contributed by atoms with Gasteiger partial charge in [-0.2, -0.15) is 5.10 Å². The number of aryl methyl sites for hydroxylation is 1. The van der Waals surface area contributed by atoms with Crippen molar-refractivity contribution in [2.75, 3.05) is 20.0 Å². The molecule has 0 amide bonds. The second-order valence-electron chi connectivity index (χ2n) is 4.05. The van der Waals surface area contributed by atoms with Crippen molar-refractivity contribution in [1.29, 1.82) is 0 Å². The van der Waals surface area contributed by atoms with E-state index in [0.29, 0.717) is 12.4 Å². The molecule has 2 aromatic rings. The van der Waals surface area contributed by atoms with Crippen LogP contribution in [-0.2, 0) is 6.54 Å². The topological polar surface area (TPSA) is 62.3 Å². The molecular formula is C13H17N3O2. The minimum absolute atomic E-state index is 0.576. The molecule has 1 aromatic heterocycles. The van der Waals surface area contributed by atoms with Gasteiger partial charge in [-0.15, -0.1) is 0 Å². The van der Waals surface area contributed by atoms with Gasteiger partial charge in [-0.3, -0.25) is 0 Å². The second-order valence-corrected chi connectivity index (χ2v) is 4.05. The molecule has 0 aliphatic heterocycles. The summed E-state index contributed by atoms with van der Waals surface area (Å²) in [6.07, 6.45) is 1.76. The maximum Gasteiger partial charge on any atom is 0.127 e. The molecule has 2 rings (SSSR count). The molecule has 0 bridgehead atoms. The second kappa shape index (κ2) is 5.00. The number of benzene rings is 1. The Bertz CT molecular complexity index is 549. The molecule has 5 nitrogen and oxygen atoms in total. The van der Waals surface area contributed by atoms with Crippen LogP contribution in [0.15, 0.2) is 24.4 Å². The summed E-state index contributed by atoms with van der Waals surface area (Å²) in [5.41, 5.74) is 7.92. The van der Waals surface area contributed by atoms with E-state index < -0.39 is 0 Å². The minimum Gasteiger partial charge on any atom is -0.497 e. The van der Waals surface area contributed by atoms with Crippen molar-refractivity contribution in [1.82, 2.24) is 9.78 Å². The highest BCUT2D eigenvalue weighted by Crippen LogP contribution is 2.26. The molecular weight excluding hydrogens is 230 g/mol. The van der Waals surface area contributed by atoms with Crippen molar-refractivity contribution in [3.05, 3.63) is 35.5 Å². The standard InChI is InChI=1S/C13H17N3O2/c1-9-7-15-16(13(9)14)8-10-4-5-11(17-2)6-12(10)18-3/h4-7H,8,14H2,1-3H3. The number of nitrogen functional groups attached to an aromatic ring is 1. The van der Waals surface area contributed by atoms with Gasteiger partial charge in [0.1, 0.15) is 17.3 Å². The van der Waals surface area contributed by atoms with Crippen LogP contribution in [0.4, 0.5) is 5.82 Å². The predicted molar refractivity (Wildman–Crippen MR) is 70.0 cm³/mol. The van der Waals surface area contributed by atoms with Gasteiger partial charge in [0.15, 0.2) is 0 Å². The molecule has 0 atom stereocenters. The zero-order valence-corrected chi connectivity index (χ0v) is 10.8. The first-order valence-electron chi connectivity index (χ1n) is 5.64. The maximum absolute atomic E-state index is 5.93. The lowest BCUT2D eigenvalue weighted by molar-refractivity contribution is 0.389. The van der Waals surface area contributed by atoms with E-state index in [1.54, 1.807) is 25.1 Å². The zero-order chi connectivity index (χ0) is 13.1. The van der Waals surface area contributed by atoms with E-state index in [9.17, 15) is 0 Å². The van der Waals surface area contributed by atoms with Crippen molar-refractivity contribution < 1.29 is 9.47 Å². The highest BCUT2D eigenvalue weighted by Gasteiger charge is 2.09. The SMILES string of the molecule is COc1ccc(Cn2ncc(C)c2N)c(OC)c1. The molecule has 1 aromatic carbocycles. The number of ether oxygens (including phenoxy) is 2. The van der Waals surface area contributed by atoms with Gasteiger partial charge in [0.05, 0.1) is 27.0 Å². The summed E-state index contributed by atoms with van der Waals surface area (Å²) in [5, 5.41) is 4.23. The van der Waals surface area contributed by atoms with Crippen LogP contribution in [0.1, 0.15) is 11.1 Å². The quantitative estimate of drug-likeness (QED) is 0.895. The number of aromatic nitrogens is 2. The third-order valence-electron chi connectivity index (χ3n) is 2.89. The minimum atomic E-state index is 0.576. The first kappa shape index (κ1) is 12.3. The summed E-state index contributed by atoms with van der Waals surface area (Å²) in [6, 6.07) is 5.69. The smallest absolute Gasteiger partial charge is 0.127 e. The maximum atomic E-state index is 5.93. The predicted octanol–water partition coefficient (Wildman–Crippen LogP) is 1.84. The van der Waals surface area contributed by atoms with Crippen LogP contribution < -0.4 is 15.2 Å². The molecule has 2 N–H and O–H groups in total. The van der Waals surface area contributed by atoms with Gasteiger partial charge in [0.25, 0.3) is 0 Å². The van der Waals surface area contributed by atoms with Crippen molar-refractivity contribution in [2.45, 2.75) is 13.5 Å². The van der Waals surface area contributed by atoms with Crippen LogP contribution in [0.25, 0.3) is 0 Å². The van der Waals surface area contributed by atoms with Gasteiger partial charge in [0.2, 0.25) is 0 Å². The van der Waals surface area contributed by atoms with E-state index >= 15 is 0 Å². The van der Waals surface area contributed by atoms with Crippen LogP contribution >= 0.6 is 0 Å². The largest absolute Gasteiger partial charge is 0.497 e. The van der Waals surface area contributed by atoms with Gasteiger partial charge < -0.3 is 15.2 Å². The van der Waals surface area contributed by atoms with E-state index in [4.69, 9.17) is 15.2 Å². The molecule has 0 spiro atoms. The number of hydrogen-bond acceptors (Lipinski definition) is 4. The molecule has 0 radical (unpaired) electrons. The van der Waals surface area contributed by atoms with Crippen LogP contribution in [0.5, 0.6) is 11.5 Å². The van der Waals surface area contributed by atoms with Crippen LogP contribution in [0.2, 0.25) is 0 Å². The fourth-order valence-corrected chi connectivity index (χ4v) is 1.76.